The number of methoxy groups -OCH3 is 1. The number of rotatable bonds is 6. The molecule has 0 saturated carbocycles. The van der Waals surface area contributed by atoms with E-state index in [1.807, 2.05) is 13.8 Å². The van der Waals surface area contributed by atoms with Gasteiger partial charge in [-0.1, -0.05) is 13.8 Å². The fraction of sp³-hybridized carbons (Fsp3) is 0.636. The van der Waals surface area contributed by atoms with E-state index >= 15 is 0 Å². The van der Waals surface area contributed by atoms with Gasteiger partial charge in [0.25, 0.3) is 10.0 Å². The van der Waals surface area contributed by atoms with E-state index in [4.69, 9.17) is 0 Å². The van der Waals surface area contributed by atoms with Gasteiger partial charge in [0, 0.05) is 0 Å². The van der Waals surface area contributed by atoms with Crippen LogP contribution >= 0.6 is 0 Å². The normalized spacial score (nSPS) is 13.5. The molecule has 0 aliphatic heterocycles. The summed E-state index contributed by atoms with van der Waals surface area (Å²) < 4.78 is 31.1. The maximum atomic E-state index is 12.1. The van der Waals surface area contributed by atoms with Crippen LogP contribution in [0.2, 0.25) is 0 Å². The molecule has 108 valence electrons. The number of esters is 1. The van der Waals surface area contributed by atoms with Gasteiger partial charge >= 0.3 is 5.97 Å². The molecule has 0 bridgehead atoms. The number of aromatic amines is 1. The van der Waals surface area contributed by atoms with Crippen LogP contribution in [0.15, 0.2) is 11.2 Å². The van der Waals surface area contributed by atoms with E-state index in [9.17, 15) is 13.2 Å². The van der Waals surface area contributed by atoms with Crippen LogP contribution in [0.5, 0.6) is 0 Å². The van der Waals surface area contributed by atoms with Crippen molar-refractivity contribution in [3.63, 3.8) is 0 Å². The van der Waals surface area contributed by atoms with Gasteiger partial charge in [0.15, 0.2) is 5.03 Å². The number of carbonyl (C=O) groups excluding carboxylic acids is 1. The second kappa shape index (κ2) is 6.16. The van der Waals surface area contributed by atoms with Crippen molar-refractivity contribution in [3.8, 4) is 0 Å². The summed E-state index contributed by atoms with van der Waals surface area (Å²) in [5.41, 5.74) is 0. The van der Waals surface area contributed by atoms with E-state index in [0.717, 1.165) is 0 Å². The quantitative estimate of drug-likeness (QED) is 0.746. The van der Waals surface area contributed by atoms with Gasteiger partial charge in [-0.05, 0) is 19.3 Å². The van der Waals surface area contributed by atoms with Gasteiger partial charge in [0.1, 0.15) is 11.9 Å². The van der Waals surface area contributed by atoms with E-state index < -0.39 is 22.0 Å². The standard InChI is InChI=1S/C11H19N3O4S/c1-7(2)5-9(11(15)18-4)14-19(16,17)10-6-12-8(3)13-10/h6-7,9,14H,5H2,1-4H3,(H,12,13). The second-order valence-corrected chi connectivity index (χ2v) is 6.34. The zero-order valence-electron chi connectivity index (χ0n) is 11.4. The van der Waals surface area contributed by atoms with Crippen molar-refractivity contribution in [2.45, 2.75) is 38.3 Å². The zero-order chi connectivity index (χ0) is 14.6. The third-order valence-electron chi connectivity index (χ3n) is 2.46. The fourth-order valence-electron chi connectivity index (χ4n) is 1.59. The fourth-order valence-corrected chi connectivity index (χ4v) is 2.76. The lowest BCUT2D eigenvalue weighted by atomic mass is 10.1. The number of nitrogens with zero attached hydrogens (tertiary/aromatic N) is 1. The average Bonchev–Trinajstić information content (AvgIpc) is 2.74. The van der Waals surface area contributed by atoms with Crippen LogP contribution in [-0.2, 0) is 19.6 Å². The van der Waals surface area contributed by atoms with Gasteiger partial charge in [0.2, 0.25) is 0 Å². The molecular formula is C11H19N3O4S. The Hall–Kier alpha value is -1.41. The average molecular weight is 289 g/mol. The van der Waals surface area contributed by atoms with Crippen molar-refractivity contribution in [2.75, 3.05) is 7.11 Å². The lowest BCUT2D eigenvalue weighted by Gasteiger charge is -2.17. The van der Waals surface area contributed by atoms with Crippen molar-refractivity contribution < 1.29 is 17.9 Å². The molecule has 0 radical (unpaired) electrons. The van der Waals surface area contributed by atoms with E-state index in [1.54, 1.807) is 6.92 Å². The number of ether oxygens (including phenoxy) is 1. The molecule has 1 atom stereocenters. The minimum absolute atomic E-state index is 0.0670. The minimum Gasteiger partial charge on any atom is -0.468 e. The molecule has 0 amide bonds. The zero-order valence-corrected chi connectivity index (χ0v) is 12.2. The first-order valence-electron chi connectivity index (χ1n) is 5.88. The molecule has 1 heterocycles. The van der Waals surface area contributed by atoms with Gasteiger partial charge in [-0.15, -0.1) is 0 Å². The first-order valence-corrected chi connectivity index (χ1v) is 7.36. The Bertz CT molecular complexity index is 536. The Balaban J connectivity index is 2.92. The number of nitrogens with one attached hydrogen (secondary N) is 2. The van der Waals surface area contributed by atoms with E-state index in [2.05, 4.69) is 19.4 Å². The van der Waals surface area contributed by atoms with Crippen LogP contribution in [0.4, 0.5) is 0 Å². The molecule has 1 rings (SSSR count). The Morgan fingerprint density at radius 1 is 1.53 bits per heavy atom. The third-order valence-corrected chi connectivity index (χ3v) is 3.84. The van der Waals surface area contributed by atoms with Gasteiger partial charge < -0.3 is 9.72 Å². The predicted octanol–water partition coefficient (Wildman–Crippen LogP) is 0.584. The summed E-state index contributed by atoms with van der Waals surface area (Å²) in [6.45, 7) is 5.43. The molecule has 0 aliphatic carbocycles. The van der Waals surface area contributed by atoms with Crippen LogP contribution < -0.4 is 4.72 Å². The van der Waals surface area contributed by atoms with Gasteiger partial charge in [-0.25, -0.2) is 13.4 Å². The third kappa shape index (κ3) is 4.32. The summed E-state index contributed by atoms with van der Waals surface area (Å²) in [5.74, 6) is 0.0302. The van der Waals surface area contributed by atoms with Crippen LogP contribution in [0, 0.1) is 12.8 Å². The molecular weight excluding hydrogens is 270 g/mol. The first-order chi connectivity index (χ1) is 8.76. The monoisotopic (exact) mass is 289 g/mol. The predicted molar refractivity (Wildman–Crippen MR) is 68.9 cm³/mol. The summed E-state index contributed by atoms with van der Waals surface area (Å²) in [6.07, 6.45) is 1.57. The van der Waals surface area contributed by atoms with E-state index in [-0.39, 0.29) is 10.9 Å². The number of aromatic nitrogens is 2. The lowest BCUT2D eigenvalue weighted by Crippen LogP contribution is -2.42. The minimum atomic E-state index is -3.81. The maximum Gasteiger partial charge on any atom is 0.323 e. The largest absolute Gasteiger partial charge is 0.468 e. The number of hydrogen-bond acceptors (Lipinski definition) is 5. The summed E-state index contributed by atoms with van der Waals surface area (Å²) in [7, 11) is -2.58. The SMILES string of the molecule is COC(=O)C(CC(C)C)NS(=O)(=O)c1cnc(C)[nH]1. The Morgan fingerprint density at radius 2 is 2.16 bits per heavy atom. The summed E-state index contributed by atoms with van der Waals surface area (Å²) in [4.78, 5) is 18.0. The summed E-state index contributed by atoms with van der Waals surface area (Å²) in [5, 5.41) is -0.0670. The number of carbonyl (C=O) groups is 1. The highest BCUT2D eigenvalue weighted by atomic mass is 32.2. The first kappa shape index (κ1) is 15.6. The van der Waals surface area contributed by atoms with Gasteiger partial charge in [-0.3, -0.25) is 4.79 Å². The van der Waals surface area contributed by atoms with E-state index in [1.165, 1.54) is 13.3 Å². The Morgan fingerprint density at radius 3 is 2.58 bits per heavy atom. The second-order valence-electron chi connectivity index (χ2n) is 4.66. The molecule has 0 aliphatic rings. The molecule has 2 N–H and O–H groups in total. The van der Waals surface area contributed by atoms with Crippen molar-refractivity contribution in [2.24, 2.45) is 5.92 Å². The molecule has 1 unspecified atom stereocenters. The van der Waals surface area contributed by atoms with Gasteiger partial charge in [0.05, 0.1) is 13.3 Å². The van der Waals surface area contributed by atoms with Crippen molar-refractivity contribution in [1.82, 2.24) is 14.7 Å². The molecule has 8 heteroatoms. The molecule has 7 nitrogen and oxygen atoms in total. The maximum absolute atomic E-state index is 12.1. The van der Waals surface area contributed by atoms with Crippen molar-refractivity contribution in [3.05, 3.63) is 12.0 Å². The highest BCUT2D eigenvalue weighted by molar-refractivity contribution is 7.89. The molecule has 0 fully saturated rings. The molecule has 19 heavy (non-hydrogen) atoms. The smallest absolute Gasteiger partial charge is 0.323 e. The number of sulfonamides is 1. The topological polar surface area (TPSA) is 101 Å². The molecule has 1 aromatic heterocycles. The number of imidazole rings is 1. The number of hydrogen-bond donors (Lipinski definition) is 2. The van der Waals surface area contributed by atoms with Crippen LogP contribution in [-0.4, -0.2) is 37.5 Å². The lowest BCUT2D eigenvalue weighted by molar-refractivity contribution is -0.143. The van der Waals surface area contributed by atoms with Crippen LogP contribution in [0.3, 0.4) is 0 Å². The molecule has 0 aromatic carbocycles. The molecule has 0 saturated heterocycles. The number of aryl methyl sites for hydroxylation is 1. The van der Waals surface area contributed by atoms with Gasteiger partial charge in [-0.2, -0.15) is 4.72 Å². The Kier molecular flexibility index (Phi) is 5.07. The molecule has 1 aromatic rings. The van der Waals surface area contributed by atoms with Crippen LogP contribution in [0.1, 0.15) is 26.1 Å². The van der Waals surface area contributed by atoms with Crippen molar-refractivity contribution >= 4 is 16.0 Å². The number of H-pyrrole nitrogens is 1. The Labute approximate surface area is 112 Å². The van der Waals surface area contributed by atoms with Crippen LogP contribution in [0.25, 0.3) is 0 Å². The van der Waals surface area contributed by atoms with Crippen molar-refractivity contribution in [1.29, 1.82) is 0 Å². The highest BCUT2D eigenvalue weighted by Gasteiger charge is 2.28. The summed E-state index contributed by atoms with van der Waals surface area (Å²) >= 11 is 0. The summed E-state index contributed by atoms with van der Waals surface area (Å²) in [6, 6.07) is -0.904. The highest BCUT2D eigenvalue weighted by Crippen LogP contribution is 2.11. The van der Waals surface area contributed by atoms with E-state index in [0.29, 0.717) is 12.2 Å². The molecule has 0 spiro atoms.